The second-order valence-electron chi connectivity index (χ2n) is 3.83. The predicted octanol–water partition coefficient (Wildman–Crippen LogP) is 0.739. The van der Waals surface area contributed by atoms with E-state index in [1.54, 1.807) is 25.2 Å². The number of rotatable bonds is 6. The summed E-state index contributed by atoms with van der Waals surface area (Å²) in [5.41, 5.74) is 1.14. The van der Waals surface area contributed by atoms with Gasteiger partial charge in [-0.3, -0.25) is 4.79 Å². The molecule has 1 aromatic rings. The molecule has 0 saturated carbocycles. The Kier molecular flexibility index (Phi) is 8.35. The van der Waals surface area contributed by atoms with Gasteiger partial charge in [0, 0.05) is 6.54 Å². The summed E-state index contributed by atoms with van der Waals surface area (Å²) in [7, 11) is 4.49. The Morgan fingerprint density at radius 3 is 2.50 bits per heavy atom. The van der Waals surface area contributed by atoms with Crippen molar-refractivity contribution >= 4 is 24.3 Å². The first-order valence-electron chi connectivity index (χ1n) is 5.79. The van der Waals surface area contributed by atoms with Crippen molar-refractivity contribution in [3.8, 4) is 5.75 Å². The highest BCUT2D eigenvalue weighted by Crippen LogP contribution is 2.20. The molecule has 112 valence electrons. The number of methoxy groups -OCH3 is 2. The Hall–Kier alpha value is -1.79. The lowest BCUT2D eigenvalue weighted by Gasteiger charge is -2.10. The fourth-order valence-corrected chi connectivity index (χ4v) is 1.56. The van der Waals surface area contributed by atoms with Crippen LogP contribution in [-0.4, -0.2) is 39.7 Å². The lowest BCUT2D eigenvalue weighted by atomic mass is 10.1. The molecule has 1 amide bonds. The maximum absolute atomic E-state index is 11.6. The SMILES string of the molecule is CNCC(=O)NCc1ccc(OC)c(C(=O)OC)c1.Cl. The van der Waals surface area contributed by atoms with Crippen LogP contribution in [0.4, 0.5) is 0 Å². The summed E-state index contributed by atoms with van der Waals surface area (Å²) < 4.78 is 9.77. The van der Waals surface area contributed by atoms with Crippen molar-refractivity contribution in [2.24, 2.45) is 0 Å². The first-order chi connectivity index (χ1) is 9.12. The number of carbonyl (C=O) groups excluding carboxylic acids is 2. The van der Waals surface area contributed by atoms with Crippen LogP contribution in [0.25, 0.3) is 0 Å². The number of hydrogen-bond donors (Lipinski definition) is 2. The lowest BCUT2D eigenvalue weighted by molar-refractivity contribution is -0.120. The number of esters is 1. The number of amides is 1. The van der Waals surface area contributed by atoms with Crippen LogP contribution in [0.3, 0.4) is 0 Å². The van der Waals surface area contributed by atoms with Gasteiger partial charge in [0.1, 0.15) is 11.3 Å². The molecule has 1 aromatic carbocycles. The summed E-state index contributed by atoms with van der Waals surface area (Å²) in [5.74, 6) is -0.143. The zero-order valence-corrected chi connectivity index (χ0v) is 12.5. The average Bonchev–Trinajstić information content (AvgIpc) is 2.44. The minimum absolute atomic E-state index is 0. The molecular weight excluding hydrogens is 284 g/mol. The molecule has 0 aliphatic heterocycles. The van der Waals surface area contributed by atoms with Crippen LogP contribution in [-0.2, 0) is 16.1 Å². The Morgan fingerprint density at radius 2 is 1.95 bits per heavy atom. The van der Waals surface area contributed by atoms with Gasteiger partial charge in [0.15, 0.2) is 0 Å². The van der Waals surface area contributed by atoms with Crippen molar-refractivity contribution in [1.29, 1.82) is 0 Å². The molecule has 6 nitrogen and oxygen atoms in total. The van der Waals surface area contributed by atoms with E-state index in [4.69, 9.17) is 4.74 Å². The number of benzene rings is 1. The maximum Gasteiger partial charge on any atom is 0.341 e. The van der Waals surface area contributed by atoms with Crippen LogP contribution < -0.4 is 15.4 Å². The van der Waals surface area contributed by atoms with Crippen LogP contribution >= 0.6 is 12.4 Å². The van der Waals surface area contributed by atoms with E-state index in [1.807, 2.05) is 0 Å². The zero-order valence-electron chi connectivity index (χ0n) is 11.7. The molecule has 0 bridgehead atoms. The lowest BCUT2D eigenvalue weighted by Crippen LogP contribution is -2.31. The highest BCUT2D eigenvalue weighted by Gasteiger charge is 2.13. The Morgan fingerprint density at radius 1 is 1.25 bits per heavy atom. The zero-order chi connectivity index (χ0) is 14.3. The van der Waals surface area contributed by atoms with Crippen molar-refractivity contribution < 1.29 is 19.1 Å². The number of nitrogens with one attached hydrogen (secondary N) is 2. The Bertz CT molecular complexity index is 466. The fourth-order valence-electron chi connectivity index (χ4n) is 1.56. The van der Waals surface area contributed by atoms with Gasteiger partial charge in [-0.1, -0.05) is 6.07 Å². The molecule has 2 N–H and O–H groups in total. The van der Waals surface area contributed by atoms with Crippen molar-refractivity contribution in [3.05, 3.63) is 29.3 Å². The molecule has 0 saturated heterocycles. The number of hydrogen-bond acceptors (Lipinski definition) is 5. The van der Waals surface area contributed by atoms with Gasteiger partial charge in [-0.05, 0) is 24.7 Å². The standard InChI is InChI=1S/C13H18N2O4.ClH/c1-14-8-12(16)15-7-9-4-5-11(18-2)10(6-9)13(17)19-3;/h4-6,14H,7-8H2,1-3H3,(H,15,16);1H. The minimum atomic E-state index is -0.472. The first-order valence-corrected chi connectivity index (χ1v) is 5.79. The highest BCUT2D eigenvalue weighted by atomic mass is 35.5. The molecule has 0 heterocycles. The third-order valence-electron chi connectivity index (χ3n) is 2.50. The van der Waals surface area contributed by atoms with E-state index in [2.05, 4.69) is 15.4 Å². The van der Waals surface area contributed by atoms with Gasteiger partial charge in [-0.25, -0.2) is 4.79 Å². The van der Waals surface area contributed by atoms with Crippen LogP contribution in [0.2, 0.25) is 0 Å². The number of halogens is 1. The van der Waals surface area contributed by atoms with Gasteiger partial charge in [-0.2, -0.15) is 0 Å². The molecule has 0 aliphatic rings. The van der Waals surface area contributed by atoms with Gasteiger partial charge in [0.2, 0.25) is 5.91 Å². The van der Waals surface area contributed by atoms with Crippen LogP contribution in [0.15, 0.2) is 18.2 Å². The van der Waals surface area contributed by atoms with E-state index < -0.39 is 5.97 Å². The molecule has 0 aliphatic carbocycles. The second kappa shape index (κ2) is 9.17. The molecule has 20 heavy (non-hydrogen) atoms. The molecule has 0 aromatic heterocycles. The van der Waals surface area contributed by atoms with Crippen molar-refractivity contribution in [1.82, 2.24) is 10.6 Å². The van der Waals surface area contributed by atoms with Crippen molar-refractivity contribution in [2.75, 3.05) is 27.8 Å². The predicted molar refractivity (Wildman–Crippen MR) is 77.4 cm³/mol. The topological polar surface area (TPSA) is 76.7 Å². The van der Waals surface area contributed by atoms with E-state index in [9.17, 15) is 9.59 Å². The molecule has 7 heteroatoms. The van der Waals surface area contributed by atoms with E-state index >= 15 is 0 Å². The molecular formula is C13H19ClN2O4. The number of ether oxygens (including phenoxy) is 2. The van der Waals surface area contributed by atoms with Crippen molar-refractivity contribution in [2.45, 2.75) is 6.54 Å². The van der Waals surface area contributed by atoms with Gasteiger partial charge in [0.25, 0.3) is 0 Å². The van der Waals surface area contributed by atoms with Gasteiger partial charge >= 0.3 is 5.97 Å². The highest BCUT2D eigenvalue weighted by molar-refractivity contribution is 5.92. The summed E-state index contributed by atoms with van der Waals surface area (Å²) in [4.78, 5) is 22.9. The fraction of sp³-hybridized carbons (Fsp3) is 0.385. The van der Waals surface area contributed by atoms with Crippen molar-refractivity contribution in [3.63, 3.8) is 0 Å². The monoisotopic (exact) mass is 302 g/mol. The third kappa shape index (κ3) is 5.07. The van der Waals surface area contributed by atoms with Crippen LogP contribution in [0.5, 0.6) is 5.75 Å². The average molecular weight is 303 g/mol. The molecule has 0 atom stereocenters. The molecule has 0 spiro atoms. The minimum Gasteiger partial charge on any atom is -0.496 e. The molecule has 0 radical (unpaired) electrons. The second-order valence-corrected chi connectivity index (χ2v) is 3.83. The quantitative estimate of drug-likeness (QED) is 0.758. The summed E-state index contributed by atoms with van der Waals surface area (Å²) in [6.07, 6.45) is 0. The summed E-state index contributed by atoms with van der Waals surface area (Å²) >= 11 is 0. The van der Waals surface area contributed by atoms with E-state index in [-0.39, 0.29) is 24.9 Å². The largest absolute Gasteiger partial charge is 0.496 e. The van der Waals surface area contributed by atoms with E-state index in [1.165, 1.54) is 14.2 Å². The molecule has 1 rings (SSSR count). The summed E-state index contributed by atoms with van der Waals surface area (Å²) in [6, 6.07) is 5.10. The van der Waals surface area contributed by atoms with Crippen LogP contribution in [0.1, 0.15) is 15.9 Å². The van der Waals surface area contributed by atoms with Gasteiger partial charge in [-0.15, -0.1) is 12.4 Å². The number of carbonyl (C=O) groups is 2. The molecule has 0 fully saturated rings. The molecule has 0 unspecified atom stereocenters. The maximum atomic E-state index is 11.6. The smallest absolute Gasteiger partial charge is 0.341 e. The van der Waals surface area contributed by atoms with Gasteiger partial charge < -0.3 is 20.1 Å². The Balaban J connectivity index is 0.00000361. The Labute approximate surface area is 124 Å². The van der Waals surface area contributed by atoms with E-state index in [0.717, 1.165) is 5.56 Å². The normalized spacial score (nSPS) is 9.35. The summed E-state index contributed by atoms with van der Waals surface area (Å²) in [5, 5.41) is 5.48. The van der Waals surface area contributed by atoms with E-state index in [0.29, 0.717) is 17.9 Å². The summed E-state index contributed by atoms with van der Waals surface area (Å²) in [6.45, 7) is 0.592. The first kappa shape index (κ1) is 18.2. The van der Waals surface area contributed by atoms with Gasteiger partial charge in [0.05, 0.1) is 20.8 Å². The number of likely N-dealkylation sites (N-methyl/N-ethyl adjacent to an activating group) is 1. The van der Waals surface area contributed by atoms with Crippen LogP contribution in [0, 0.1) is 0 Å². The third-order valence-corrected chi connectivity index (χ3v) is 2.50.